The summed E-state index contributed by atoms with van der Waals surface area (Å²) in [6, 6.07) is 77.1. The second-order valence-corrected chi connectivity index (χ2v) is 15.1. The van der Waals surface area contributed by atoms with Crippen molar-refractivity contribution in [3.63, 3.8) is 0 Å². The maximum Gasteiger partial charge on any atom is 0.149 e. The Balaban J connectivity index is 1.08. The van der Waals surface area contributed by atoms with E-state index in [0.717, 1.165) is 0 Å². The molecular formula is C53H36N2+2. The molecule has 0 saturated carbocycles. The van der Waals surface area contributed by atoms with Gasteiger partial charge in [-0.2, -0.15) is 0 Å². The highest BCUT2D eigenvalue weighted by molar-refractivity contribution is 5.96. The van der Waals surface area contributed by atoms with Crippen molar-refractivity contribution in [3.05, 3.63) is 229 Å². The van der Waals surface area contributed by atoms with E-state index in [1.54, 1.807) is 0 Å². The van der Waals surface area contributed by atoms with Gasteiger partial charge in [0, 0.05) is 71.1 Å². The average Bonchev–Trinajstić information content (AvgIpc) is 3.86. The van der Waals surface area contributed by atoms with Crippen molar-refractivity contribution in [3.8, 4) is 33.4 Å². The van der Waals surface area contributed by atoms with Crippen molar-refractivity contribution in [2.45, 2.75) is 5.41 Å². The van der Waals surface area contributed by atoms with Crippen LogP contribution < -0.4 is 9.80 Å². The Morgan fingerprint density at radius 2 is 0.818 bits per heavy atom. The molecule has 1 atom stereocenters. The molecule has 0 saturated heterocycles. The van der Waals surface area contributed by atoms with E-state index in [1.165, 1.54) is 110 Å². The van der Waals surface area contributed by atoms with Gasteiger partial charge in [-0.1, -0.05) is 127 Å². The maximum absolute atomic E-state index is 2.53. The number of nitrogens with one attached hydrogen (secondary N) is 2. The van der Waals surface area contributed by atoms with Gasteiger partial charge < -0.3 is 0 Å². The Labute approximate surface area is 320 Å². The highest BCUT2D eigenvalue weighted by Gasteiger charge is 2.52. The zero-order valence-electron chi connectivity index (χ0n) is 30.1. The van der Waals surface area contributed by atoms with Crippen LogP contribution >= 0.6 is 0 Å². The van der Waals surface area contributed by atoms with Gasteiger partial charge >= 0.3 is 0 Å². The first kappa shape index (κ1) is 30.6. The minimum Gasteiger partial charge on any atom is -0.237 e. The van der Waals surface area contributed by atoms with Gasteiger partial charge in [-0.15, -0.1) is 0 Å². The molecule has 0 fully saturated rings. The van der Waals surface area contributed by atoms with Gasteiger partial charge in [-0.25, -0.2) is 9.80 Å². The molecule has 0 bridgehead atoms. The second kappa shape index (κ2) is 11.6. The molecule has 55 heavy (non-hydrogen) atoms. The van der Waals surface area contributed by atoms with E-state index in [2.05, 4.69) is 206 Å². The molecule has 0 amide bonds. The molecule has 9 aromatic carbocycles. The normalized spacial score (nSPS) is 14.5. The van der Waals surface area contributed by atoms with Crippen molar-refractivity contribution in [2.24, 2.45) is 0 Å². The summed E-state index contributed by atoms with van der Waals surface area (Å²) in [6.07, 6.45) is 0. The Morgan fingerprint density at radius 1 is 0.345 bits per heavy atom. The summed E-state index contributed by atoms with van der Waals surface area (Å²) in [7, 11) is 0. The number of fused-ring (bicyclic) bond motifs is 14. The third kappa shape index (κ3) is 4.15. The molecule has 1 aliphatic heterocycles. The van der Waals surface area contributed by atoms with Gasteiger partial charge in [0.25, 0.3) is 0 Å². The number of benzene rings is 9. The quantitative estimate of drug-likeness (QED) is 0.181. The number of hydrogen-bond donors (Lipinski definition) is 2. The highest BCUT2D eigenvalue weighted by atomic mass is 15.2. The summed E-state index contributed by atoms with van der Waals surface area (Å²) in [6.45, 7) is 0. The molecule has 256 valence electrons. The van der Waals surface area contributed by atoms with E-state index in [0.29, 0.717) is 0 Å². The third-order valence-corrected chi connectivity index (χ3v) is 12.5. The van der Waals surface area contributed by atoms with Crippen LogP contribution in [0.15, 0.2) is 206 Å². The van der Waals surface area contributed by atoms with Crippen LogP contribution in [0.1, 0.15) is 22.3 Å². The van der Waals surface area contributed by atoms with Gasteiger partial charge in [0.05, 0.1) is 5.41 Å². The largest absolute Gasteiger partial charge is 0.237 e. The van der Waals surface area contributed by atoms with E-state index in [9.17, 15) is 0 Å². The topological polar surface area (TPSA) is 8.88 Å². The lowest BCUT2D eigenvalue weighted by Crippen LogP contribution is -2.97. The molecule has 9 aromatic rings. The smallest absolute Gasteiger partial charge is 0.149 e. The summed E-state index contributed by atoms with van der Waals surface area (Å²) in [5.74, 6) is 0. The molecule has 1 spiro atoms. The highest BCUT2D eigenvalue weighted by Crippen LogP contribution is 2.62. The number of hydrogen-bond acceptors (Lipinski definition) is 0. The van der Waals surface area contributed by atoms with Crippen LogP contribution in [0, 0.1) is 0 Å². The lowest BCUT2D eigenvalue weighted by Gasteiger charge is -2.31. The SMILES string of the molecule is c1ccc2c(c1)-c1ccccc1[NH+]2c1ccc([NH+](c2ccc3c(c2)C2(c4ccccc4-c4ccccc42)c2ccccc2-3)c2cccc3ccccc23)cc1. The van der Waals surface area contributed by atoms with Gasteiger partial charge in [0.1, 0.15) is 34.1 Å². The predicted octanol–water partition coefficient (Wildman–Crippen LogP) is 11.5. The molecule has 2 aliphatic carbocycles. The Bertz CT molecular complexity index is 2900. The molecule has 0 radical (unpaired) electrons. The van der Waals surface area contributed by atoms with Crippen molar-refractivity contribution in [2.75, 3.05) is 0 Å². The molecule has 2 heteroatoms. The predicted molar refractivity (Wildman–Crippen MR) is 225 cm³/mol. The minimum absolute atomic E-state index is 0.400. The monoisotopic (exact) mass is 700 g/mol. The average molecular weight is 701 g/mol. The van der Waals surface area contributed by atoms with Crippen molar-refractivity contribution in [1.29, 1.82) is 0 Å². The zero-order valence-corrected chi connectivity index (χ0v) is 30.1. The van der Waals surface area contributed by atoms with Crippen LogP contribution in [-0.2, 0) is 5.41 Å². The van der Waals surface area contributed by atoms with Gasteiger partial charge in [0.15, 0.2) is 0 Å². The van der Waals surface area contributed by atoms with E-state index >= 15 is 0 Å². The molecule has 1 unspecified atom stereocenters. The van der Waals surface area contributed by atoms with E-state index in [4.69, 9.17) is 0 Å². The number of quaternary nitrogens is 2. The van der Waals surface area contributed by atoms with Crippen LogP contribution in [0.4, 0.5) is 34.1 Å². The molecule has 2 N–H and O–H groups in total. The minimum atomic E-state index is -0.400. The van der Waals surface area contributed by atoms with E-state index < -0.39 is 5.41 Å². The van der Waals surface area contributed by atoms with Crippen LogP contribution in [0.5, 0.6) is 0 Å². The fraction of sp³-hybridized carbons (Fsp3) is 0.0189. The molecular weight excluding hydrogens is 665 g/mol. The Kier molecular flexibility index (Phi) is 6.44. The third-order valence-electron chi connectivity index (χ3n) is 12.5. The van der Waals surface area contributed by atoms with E-state index in [1.807, 2.05) is 0 Å². The van der Waals surface area contributed by atoms with Gasteiger partial charge in [0.2, 0.25) is 0 Å². The van der Waals surface area contributed by atoms with Gasteiger partial charge in [-0.05, 0) is 74.2 Å². The fourth-order valence-corrected chi connectivity index (χ4v) is 10.3. The number of para-hydroxylation sites is 2. The van der Waals surface area contributed by atoms with Gasteiger partial charge in [-0.3, -0.25) is 0 Å². The standard InChI is InChI=1S/C53H34N2/c1-2-16-39-35(14-1)15-13-27-50(39)54(36-28-30-37(31-29-36)55-51-25-11-6-20-44(51)45-21-7-12-26-52(45)55)38-32-33-43-42-19-5-10-24-48(42)53(49(43)34-38)46-22-8-3-17-40(46)41-18-4-9-23-47(41)53/h1-34H/p+2. The maximum atomic E-state index is 2.53. The van der Waals surface area contributed by atoms with Crippen LogP contribution in [0.2, 0.25) is 0 Å². The van der Waals surface area contributed by atoms with Crippen LogP contribution in [0.25, 0.3) is 44.2 Å². The van der Waals surface area contributed by atoms with Crippen molar-refractivity contribution < 1.29 is 9.80 Å². The Hall–Kier alpha value is -6.84. The lowest BCUT2D eigenvalue weighted by atomic mass is 9.70. The fourth-order valence-electron chi connectivity index (χ4n) is 10.3. The molecule has 3 aliphatic rings. The Morgan fingerprint density at radius 3 is 1.44 bits per heavy atom. The lowest BCUT2D eigenvalue weighted by molar-refractivity contribution is -0.682. The molecule has 1 heterocycles. The van der Waals surface area contributed by atoms with Crippen LogP contribution in [-0.4, -0.2) is 0 Å². The second-order valence-electron chi connectivity index (χ2n) is 15.1. The first-order chi connectivity index (χ1) is 27.3. The first-order valence-electron chi connectivity index (χ1n) is 19.3. The summed E-state index contributed by atoms with van der Waals surface area (Å²) in [4.78, 5) is 2.55. The number of rotatable bonds is 4. The zero-order chi connectivity index (χ0) is 36.1. The molecule has 12 rings (SSSR count). The summed E-state index contributed by atoms with van der Waals surface area (Å²) >= 11 is 0. The summed E-state index contributed by atoms with van der Waals surface area (Å²) < 4.78 is 0. The molecule has 2 nitrogen and oxygen atoms in total. The summed E-state index contributed by atoms with van der Waals surface area (Å²) in [5.41, 5.74) is 20.5. The molecule has 0 aromatic heterocycles. The first-order valence-corrected chi connectivity index (χ1v) is 19.3. The van der Waals surface area contributed by atoms with Crippen LogP contribution in [0.3, 0.4) is 0 Å². The van der Waals surface area contributed by atoms with E-state index in [-0.39, 0.29) is 0 Å². The summed E-state index contributed by atoms with van der Waals surface area (Å²) in [5, 5.41) is 2.50. The van der Waals surface area contributed by atoms with Crippen molar-refractivity contribution >= 4 is 44.9 Å². The van der Waals surface area contributed by atoms with Crippen molar-refractivity contribution in [1.82, 2.24) is 0 Å².